The van der Waals surface area contributed by atoms with Gasteiger partial charge in [-0.05, 0) is 31.6 Å². The highest BCUT2D eigenvalue weighted by molar-refractivity contribution is 9.10. The van der Waals surface area contributed by atoms with Crippen LogP contribution in [0, 0.1) is 0 Å². The highest BCUT2D eigenvalue weighted by Crippen LogP contribution is 2.57. The van der Waals surface area contributed by atoms with E-state index in [9.17, 15) is 5.11 Å². The van der Waals surface area contributed by atoms with E-state index < -0.39 is 6.10 Å². The molecule has 0 bridgehead atoms. The van der Waals surface area contributed by atoms with Gasteiger partial charge in [0.15, 0.2) is 11.5 Å². The van der Waals surface area contributed by atoms with Crippen molar-refractivity contribution >= 4 is 15.9 Å². The third-order valence-corrected chi connectivity index (χ3v) is 5.93. The van der Waals surface area contributed by atoms with Crippen LogP contribution in [0.15, 0.2) is 22.7 Å². The van der Waals surface area contributed by atoms with Gasteiger partial charge >= 0.3 is 0 Å². The molecular formula is C17H20BrNO3. The van der Waals surface area contributed by atoms with Gasteiger partial charge in [-0.3, -0.25) is 0 Å². The summed E-state index contributed by atoms with van der Waals surface area (Å²) >= 11 is 3.71. The number of halogens is 1. The topological polar surface area (TPSA) is 41.9 Å². The molecule has 0 fully saturated rings. The molecule has 22 heavy (non-hydrogen) atoms. The number of methoxy groups -OCH3 is 1. The summed E-state index contributed by atoms with van der Waals surface area (Å²) in [6.45, 7) is 1.89. The molecule has 0 saturated heterocycles. The summed E-state index contributed by atoms with van der Waals surface area (Å²) in [6, 6.07) is 2.00. The minimum Gasteiger partial charge on any atom is -0.493 e. The lowest BCUT2D eigenvalue weighted by molar-refractivity contribution is 0.0821. The first-order chi connectivity index (χ1) is 10.5. The minimum absolute atomic E-state index is 0.0176. The Morgan fingerprint density at radius 3 is 3.09 bits per heavy atom. The molecule has 0 saturated carbocycles. The average Bonchev–Trinajstić information content (AvgIpc) is 2.74. The number of aliphatic hydroxyl groups excluding tert-OH is 1. The molecule has 4 nitrogen and oxygen atoms in total. The van der Waals surface area contributed by atoms with Gasteiger partial charge in [0, 0.05) is 23.0 Å². The highest BCUT2D eigenvalue weighted by Gasteiger charge is 2.53. The van der Waals surface area contributed by atoms with Gasteiger partial charge in [-0.2, -0.15) is 0 Å². The predicted octanol–water partition coefficient (Wildman–Crippen LogP) is 2.61. The number of hydrogen-bond donors (Lipinski definition) is 1. The molecule has 1 aliphatic carbocycles. The molecule has 3 atom stereocenters. The molecule has 0 unspecified atom stereocenters. The quantitative estimate of drug-likeness (QED) is 0.776. The van der Waals surface area contributed by atoms with Crippen LogP contribution in [0.4, 0.5) is 0 Å². The largest absolute Gasteiger partial charge is 0.493 e. The first-order valence-electron chi connectivity index (χ1n) is 7.67. The molecule has 4 rings (SSSR count). The molecule has 1 N–H and O–H groups in total. The number of aliphatic hydroxyl groups is 1. The second kappa shape index (κ2) is 4.98. The molecular weight excluding hydrogens is 346 g/mol. The molecule has 0 radical (unpaired) electrons. The average molecular weight is 366 g/mol. The monoisotopic (exact) mass is 365 g/mol. The van der Waals surface area contributed by atoms with Crippen LogP contribution in [0.2, 0.25) is 0 Å². The zero-order valence-corrected chi connectivity index (χ0v) is 14.4. The van der Waals surface area contributed by atoms with Gasteiger partial charge in [-0.15, -0.1) is 0 Å². The summed E-state index contributed by atoms with van der Waals surface area (Å²) < 4.78 is 12.9. The molecule has 118 valence electrons. The van der Waals surface area contributed by atoms with E-state index in [1.807, 2.05) is 12.1 Å². The lowest BCUT2D eigenvalue weighted by Crippen LogP contribution is -2.42. The molecule has 0 aromatic heterocycles. The van der Waals surface area contributed by atoms with Gasteiger partial charge in [0.25, 0.3) is 0 Å². The molecule has 3 aliphatic rings. The zero-order valence-electron chi connectivity index (χ0n) is 12.8. The van der Waals surface area contributed by atoms with Crippen LogP contribution >= 0.6 is 15.9 Å². The number of ether oxygens (including phenoxy) is 2. The molecule has 1 aromatic carbocycles. The number of hydrogen-bond acceptors (Lipinski definition) is 4. The highest BCUT2D eigenvalue weighted by atomic mass is 79.9. The van der Waals surface area contributed by atoms with Gasteiger partial charge in [0.2, 0.25) is 0 Å². The molecule has 2 heterocycles. The summed E-state index contributed by atoms with van der Waals surface area (Å²) in [4.78, 5) is 2.34. The summed E-state index contributed by atoms with van der Waals surface area (Å²) in [7, 11) is 3.83. The second-order valence-corrected chi connectivity index (χ2v) is 7.39. The van der Waals surface area contributed by atoms with Crippen molar-refractivity contribution in [2.24, 2.45) is 0 Å². The van der Waals surface area contributed by atoms with Crippen molar-refractivity contribution in [1.29, 1.82) is 0 Å². The van der Waals surface area contributed by atoms with Crippen molar-refractivity contribution in [3.8, 4) is 11.5 Å². The Balaban J connectivity index is 2.00. The van der Waals surface area contributed by atoms with E-state index in [2.05, 4.69) is 34.0 Å². The zero-order chi connectivity index (χ0) is 15.5. The van der Waals surface area contributed by atoms with E-state index in [4.69, 9.17) is 9.47 Å². The summed E-state index contributed by atoms with van der Waals surface area (Å²) in [5, 5.41) is 10.0. The van der Waals surface area contributed by atoms with Gasteiger partial charge in [0.05, 0.1) is 18.6 Å². The van der Waals surface area contributed by atoms with Crippen LogP contribution in [0.1, 0.15) is 24.0 Å². The maximum Gasteiger partial charge on any atom is 0.166 e. The predicted molar refractivity (Wildman–Crippen MR) is 87.5 cm³/mol. The Labute approximate surface area is 138 Å². The fraction of sp³-hybridized carbons (Fsp3) is 0.529. The van der Waals surface area contributed by atoms with Crippen LogP contribution in [0.5, 0.6) is 11.5 Å². The first-order valence-corrected chi connectivity index (χ1v) is 8.47. The maximum atomic E-state index is 10.0. The smallest absolute Gasteiger partial charge is 0.166 e. The van der Waals surface area contributed by atoms with E-state index in [0.717, 1.165) is 35.5 Å². The number of rotatable bonds is 1. The van der Waals surface area contributed by atoms with E-state index in [0.29, 0.717) is 6.42 Å². The Hall–Kier alpha value is -1.04. The first kappa shape index (κ1) is 14.5. The van der Waals surface area contributed by atoms with Crippen LogP contribution in [0.25, 0.3) is 0 Å². The third-order valence-electron chi connectivity index (χ3n) is 5.23. The Morgan fingerprint density at radius 1 is 1.50 bits per heavy atom. The van der Waals surface area contributed by atoms with Gasteiger partial charge < -0.3 is 19.5 Å². The Morgan fingerprint density at radius 2 is 2.32 bits per heavy atom. The van der Waals surface area contributed by atoms with Gasteiger partial charge in [-0.25, -0.2) is 0 Å². The Kier molecular flexibility index (Phi) is 3.29. The van der Waals surface area contributed by atoms with E-state index in [-0.39, 0.29) is 11.5 Å². The lowest BCUT2D eigenvalue weighted by atomic mass is 9.69. The minimum atomic E-state index is -0.427. The van der Waals surface area contributed by atoms with E-state index in [1.54, 1.807) is 7.11 Å². The third kappa shape index (κ3) is 1.88. The van der Waals surface area contributed by atoms with Crippen molar-refractivity contribution in [2.45, 2.75) is 37.0 Å². The summed E-state index contributed by atoms with van der Waals surface area (Å²) in [5.74, 6) is 1.63. The van der Waals surface area contributed by atoms with Crippen molar-refractivity contribution in [3.63, 3.8) is 0 Å². The number of benzene rings is 1. The van der Waals surface area contributed by atoms with E-state index >= 15 is 0 Å². The van der Waals surface area contributed by atoms with Gasteiger partial charge in [0.1, 0.15) is 6.10 Å². The van der Waals surface area contributed by atoms with Crippen molar-refractivity contribution in [1.82, 2.24) is 4.90 Å². The van der Waals surface area contributed by atoms with E-state index in [1.165, 1.54) is 11.1 Å². The fourth-order valence-corrected chi connectivity index (χ4v) is 4.63. The molecule has 5 heteroatoms. The lowest BCUT2D eigenvalue weighted by Gasteiger charge is -2.35. The maximum absolute atomic E-state index is 10.0. The van der Waals surface area contributed by atoms with Gasteiger partial charge in [-0.1, -0.05) is 28.1 Å². The molecule has 1 spiro atoms. The SMILES string of the molecule is COc1cc(Br)c2c3c1O[C@H]1C[C@H](O)C=C[C@@]31CCN(C)C2. The van der Waals surface area contributed by atoms with Crippen LogP contribution < -0.4 is 9.47 Å². The molecule has 2 aliphatic heterocycles. The summed E-state index contributed by atoms with van der Waals surface area (Å²) in [5.41, 5.74) is 2.38. The molecule has 1 aromatic rings. The van der Waals surface area contributed by atoms with Crippen LogP contribution in [-0.2, 0) is 12.0 Å². The standard InChI is InChI=1S/C17H20BrNO3/c1-19-6-5-17-4-3-10(20)7-14(17)22-16-13(21-2)8-12(18)11(9-19)15(16)17/h3-4,8,10,14,20H,5-7,9H2,1-2H3/t10-,14+,17+/m1/s1. The fourth-order valence-electron chi connectivity index (χ4n) is 4.10. The normalized spacial score (nSPS) is 32.9. The second-order valence-electron chi connectivity index (χ2n) is 6.54. The van der Waals surface area contributed by atoms with Crippen LogP contribution in [0.3, 0.4) is 0 Å². The van der Waals surface area contributed by atoms with Crippen molar-refractivity contribution < 1.29 is 14.6 Å². The van der Waals surface area contributed by atoms with Crippen molar-refractivity contribution in [2.75, 3.05) is 20.7 Å². The molecule has 0 amide bonds. The number of nitrogens with zero attached hydrogens (tertiary/aromatic N) is 1. The Bertz CT molecular complexity index is 660. The van der Waals surface area contributed by atoms with Crippen LogP contribution in [-0.4, -0.2) is 42.9 Å². The van der Waals surface area contributed by atoms with Crippen molar-refractivity contribution in [3.05, 3.63) is 33.8 Å². The summed E-state index contributed by atoms with van der Waals surface area (Å²) in [6.07, 6.45) is 5.29.